The van der Waals surface area contributed by atoms with Crippen LogP contribution in [-0.2, 0) is 11.3 Å². The van der Waals surface area contributed by atoms with E-state index in [2.05, 4.69) is 16.8 Å². The number of hydrogen-bond donors (Lipinski definition) is 0. The Morgan fingerprint density at radius 2 is 2.22 bits per heavy atom. The van der Waals surface area contributed by atoms with Crippen molar-refractivity contribution in [1.29, 1.82) is 0 Å². The number of likely N-dealkylation sites (tertiary alicyclic amines) is 1. The fraction of sp³-hybridized carbons (Fsp3) is 0.615. The maximum Gasteiger partial charge on any atom is 0.129 e. The van der Waals surface area contributed by atoms with Crippen molar-refractivity contribution in [2.75, 3.05) is 20.2 Å². The summed E-state index contributed by atoms with van der Waals surface area (Å²) in [6.45, 7) is 4.93. The molecule has 0 radical (unpaired) electrons. The highest BCUT2D eigenvalue weighted by molar-refractivity contribution is 6.32. The van der Waals surface area contributed by atoms with Crippen LogP contribution in [0.25, 0.3) is 0 Å². The summed E-state index contributed by atoms with van der Waals surface area (Å²) in [6.07, 6.45) is 1.42. The first kappa shape index (κ1) is 14.1. The molecule has 0 amide bonds. The summed E-state index contributed by atoms with van der Waals surface area (Å²) in [5.41, 5.74) is 0.841. The van der Waals surface area contributed by atoms with E-state index in [1.165, 1.54) is 0 Å². The summed E-state index contributed by atoms with van der Waals surface area (Å²) in [4.78, 5) is 6.61. The van der Waals surface area contributed by atoms with Gasteiger partial charge in [0.25, 0.3) is 0 Å². The van der Waals surface area contributed by atoms with Crippen molar-refractivity contribution in [2.24, 2.45) is 5.92 Å². The molecule has 5 heteroatoms. The molecular weight excluding hydrogens is 271 g/mol. The highest BCUT2D eigenvalue weighted by Crippen LogP contribution is 2.23. The molecule has 2 unspecified atom stereocenters. The molecule has 0 aromatic carbocycles. The first-order chi connectivity index (χ1) is 8.60. The van der Waals surface area contributed by atoms with Crippen molar-refractivity contribution in [1.82, 2.24) is 9.88 Å². The summed E-state index contributed by atoms with van der Waals surface area (Å²) in [6, 6.07) is 3.51. The van der Waals surface area contributed by atoms with Gasteiger partial charge in [0, 0.05) is 20.2 Å². The number of halogens is 2. The standard InChI is InChI=1S/C13H18Cl2N2O/c1-9-5-6-17(8-12(9)18-2)7-11-10(14)3-4-13(15)16-11/h3-4,9,12H,5-8H2,1-2H3. The van der Waals surface area contributed by atoms with E-state index < -0.39 is 0 Å². The SMILES string of the molecule is COC1CN(Cc2nc(Cl)ccc2Cl)CCC1C. The van der Waals surface area contributed by atoms with Gasteiger partial charge < -0.3 is 4.74 Å². The van der Waals surface area contributed by atoms with Gasteiger partial charge in [0.1, 0.15) is 5.15 Å². The van der Waals surface area contributed by atoms with Crippen molar-refractivity contribution in [2.45, 2.75) is 26.0 Å². The van der Waals surface area contributed by atoms with Gasteiger partial charge in [-0.15, -0.1) is 0 Å². The van der Waals surface area contributed by atoms with Crippen LogP contribution in [0.3, 0.4) is 0 Å². The Balaban J connectivity index is 2.03. The second kappa shape index (κ2) is 6.20. The number of ether oxygens (including phenoxy) is 1. The minimum absolute atomic E-state index is 0.289. The Kier molecular flexibility index (Phi) is 4.84. The lowest BCUT2D eigenvalue weighted by Crippen LogP contribution is -2.43. The minimum atomic E-state index is 0.289. The number of methoxy groups -OCH3 is 1. The molecule has 2 atom stereocenters. The smallest absolute Gasteiger partial charge is 0.129 e. The molecule has 2 rings (SSSR count). The Morgan fingerprint density at radius 1 is 1.44 bits per heavy atom. The van der Waals surface area contributed by atoms with E-state index in [0.717, 1.165) is 31.7 Å². The van der Waals surface area contributed by atoms with Crippen LogP contribution in [0.4, 0.5) is 0 Å². The largest absolute Gasteiger partial charge is 0.380 e. The van der Waals surface area contributed by atoms with E-state index in [1.807, 2.05) is 0 Å². The van der Waals surface area contributed by atoms with Gasteiger partial charge in [-0.25, -0.2) is 4.98 Å². The summed E-state index contributed by atoms with van der Waals surface area (Å²) in [5.74, 6) is 0.606. The van der Waals surface area contributed by atoms with Crippen LogP contribution < -0.4 is 0 Å². The maximum absolute atomic E-state index is 6.14. The highest BCUT2D eigenvalue weighted by atomic mass is 35.5. The van der Waals surface area contributed by atoms with Crippen LogP contribution in [0.2, 0.25) is 10.2 Å². The van der Waals surface area contributed by atoms with Crippen LogP contribution in [0.5, 0.6) is 0 Å². The van der Waals surface area contributed by atoms with Crippen LogP contribution >= 0.6 is 23.2 Å². The zero-order chi connectivity index (χ0) is 13.1. The molecule has 1 aliphatic rings. The van der Waals surface area contributed by atoms with Crippen LogP contribution in [0, 0.1) is 5.92 Å². The molecular formula is C13H18Cl2N2O. The molecule has 100 valence electrons. The number of aromatic nitrogens is 1. The van der Waals surface area contributed by atoms with Gasteiger partial charge in [0.05, 0.1) is 16.8 Å². The summed E-state index contributed by atoms with van der Waals surface area (Å²) in [5, 5.41) is 1.16. The Hall–Kier alpha value is -0.350. The monoisotopic (exact) mass is 288 g/mol. The predicted octanol–water partition coefficient (Wildman–Crippen LogP) is 3.25. The molecule has 0 N–H and O–H groups in total. The molecule has 1 saturated heterocycles. The molecule has 0 spiro atoms. The molecule has 1 aromatic heterocycles. The van der Waals surface area contributed by atoms with E-state index in [-0.39, 0.29) is 6.10 Å². The van der Waals surface area contributed by atoms with Gasteiger partial charge in [0.15, 0.2) is 0 Å². The third kappa shape index (κ3) is 3.35. The van der Waals surface area contributed by atoms with Crippen molar-refractivity contribution in [3.63, 3.8) is 0 Å². The fourth-order valence-electron chi connectivity index (χ4n) is 2.33. The first-order valence-corrected chi connectivity index (χ1v) is 6.92. The zero-order valence-corrected chi connectivity index (χ0v) is 12.2. The van der Waals surface area contributed by atoms with Crippen molar-refractivity contribution >= 4 is 23.2 Å². The van der Waals surface area contributed by atoms with E-state index in [9.17, 15) is 0 Å². The number of nitrogens with zero attached hydrogens (tertiary/aromatic N) is 2. The maximum atomic E-state index is 6.14. The molecule has 0 saturated carbocycles. The molecule has 1 aliphatic heterocycles. The second-order valence-corrected chi connectivity index (χ2v) is 5.63. The third-order valence-electron chi connectivity index (χ3n) is 3.53. The average molecular weight is 289 g/mol. The zero-order valence-electron chi connectivity index (χ0n) is 10.7. The predicted molar refractivity (Wildman–Crippen MR) is 74.1 cm³/mol. The Labute approximate surface area is 118 Å². The Bertz CT molecular complexity index is 414. The van der Waals surface area contributed by atoms with Crippen LogP contribution in [0.1, 0.15) is 19.0 Å². The van der Waals surface area contributed by atoms with E-state index in [0.29, 0.717) is 16.1 Å². The highest BCUT2D eigenvalue weighted by Gasteiger charge is 2.26. The number of hydrogen-bond acceptors (Lipinski definition) is 3. The van der Waals surface area contributed by atoms with Gasteiger partial charge >= 0.3 is 0 Å². The summed E-state index contributed by atoms with van der Waals surface area (Å²) >= 11 is 12.0. The Morgan fingerprint density at radius 3 is 2.94 bits per heavy atom. The van der Waals surface area contributed by atoms with Crippen LogP contribution in [-0.4, -0.2) is 36.2 Å². The minimum Gasteiger partial charge on any atom is -0.380 e. The molecule has 0 aliphatic carbocycles. The molecule has 2 heterocycles. The number of rotatable bonds is 3. The van der Waals surface area contributed by atoms with E-state index >= 15 is 0 Å². The molecule has 1 aromatic rings. The average Bonchev–Trinajstić information content (AvgIpc) is 2.36. The van der Waals surface area contributed by atoms with Gasteiger partial charge in [-0.05, 0) is 31.0 Å². The number of piperidine rings is 1. The molecule has 18 heavy (non-hydrogen) atoms. The normalized spacial score (nSPS) is 25.3. The molecule has 0 bridgehead atoms. The molecule has 1 fully saturated rings. The molecule has 3 nitrogen and oxygen atoms in total. The first-order valence-electron chi connectivity index (χ1n) is 6.16. The van der Waals surface area contributed by atoms with Gasteiger partial charge in [0.2, 0.25) is 0 Å². The van der Waals surface area contributed by atoms with Crippen molar-refractivity contribution < 1.29 is 4.74 Å². The lowest BCUT2D eigenvalue weighted by atomic mass is 9.96. The summed E-state index contributed by atoms with van der Waals surface area (Å²) < 4.78 is 5.50. The third-order valence-corrected chi connectivity index (χ3v) is 4.09. The lowest BCUT2D eigenvalue weighted by Gasteiger charge is -2.36. The van der Waals surface area contributed by atoms with Crippen LogP contribution in [0.15, 0.2) is 12.1 Å². The van der Waals surface area contributed by atoms with Gasteiger partial charge in [-0.2, -0.15) is 0 Å². The van der Waals surface area contributed by atoms with Gasteiger partial charge in [-0.3, -0.25) is 4.90 Å². The lowest BCUT2D eigenvalue weighted by molar-refractivity contribution is -0.00777. The van der Waals surface area contributed by atoms with E-state index in [4.69, 9.17) is 27.9 Å². The van der Waals surface area contributed by atoms with Crippen molar-refractivity contribution in [3.05, 3.63) is 28.0 Å². The number of pyridine rings is 1. The van der Waals surface area contributed by atoms with Gasteiger partial charge in [-0.1, -0.05) is 30.1 Å². The van der Waals surface area contributed by atoms with Crippen molar-refractivity contribution in [3.8, 4) is 0 Å². The summed E-state index contributed by atoms with van der Waals surface area (Å²) in [7, 11) is 1.77. The quantitative estimate of drug-likeness (QED) is 0.799. The second-order valence-electron chi connectivity index (χ2n) is 4.84. The topological polar surface area (TPSA) is 25.4 Å². The van der Waals surface area contributed by atoms with E-state index in [1.54, 1.807) is 19.2 Å². The fourth-order valence-corrected chi connectivity index (χ4v) is 2.66.